The lowest BCUT2D eigenvalue weighted by Gasteiger charge is -2.08. The van der Waals surface area contributed by atoms with E-state index in [0.29, 0.717) is 10.2 Å². The van der Waals surface area contributed by atoms with Gasteiger partial charge >= 0.3 is 12.1 Å². The number of rotatable bonds is 2. The van der Waals surface area contributed by atoms with E-state index in [0.717, 1.165) is 16.8 Å². The predicted octanol–water partition coefficient (Wildman–Crippen LogP) is 3.66. The number of aryl methyl sites for hydroxylation is 1. The van der Waals surface area contributed by atoms with Crippen molar-refractivity contribution in [1.29, 1.82) is 0 Å². The van der Waals surface area contributed by atoms with Gasteiger partial charge in [-0.05, 0) is 47.1 Å². The van der Waals surface area contributed by atoms with Crippen molar-refractivity contribution in [1.82, 2.24) is 9.78 Å². The average molecular weight is 349 g/mol. The van der Waals surface area contributed by atoms with Crippen LogP contribution in [0, 0.1) is 6.92 Å². The first-order chi connectivity index (χ1) is 9.21. The topological polar surface area (TPSA) is 55.1 Å². The molecule has 0 saturated heterocycles. The van der Waals surface area contributed by atoms with E-state index in [1.54, 1.807) is 6.92 Å². The molecule has 4 nitrogen and oxygen atoms in total. The van der Waals surface area contributed by atoms with Crippen molar-refractivity contribution >= 4 is 21.9 Å². The number of halogens is 4. The van der Waals surface area contributed by atoms with Crippen LogP contribution in [-0.4, -0.2) is 20.9 Å². The molecule has 0 aliphatic carbocycles. The van der Waals surface area contributed by atoms with Crippen LogP contribution in [0.4, 0.5) is 13.2 Å². The van der Waals surface area contributed by atoms with Crippen LogP contribution in [0.2, 0.25) is 0 Å². The highest BCUT2D eigenvalue weighted by molar-refractivity contribution is 9.10. The second-order valence-corrected chi connectivity index (χ2v) is 4.80. The summed E-state index contributed by atoms with van der Waals surface area (Å²) in [7, 11) is 0. The van der Waals surface area contributed by atoms with E-state index in [2.05, 4.69) is 21.0 Å². The lowest BCUT2D eigenvalue weighted by molar-refractivity contribution is -0.137. The second-order valence-electron chi connectivity index (χ2n) is 4.01. The minimum Gasteiger partial charge on any atom is -0.476 e. The molecular formula is C12H8BrF3N2O2. The maximum Gasteiger partial charge on any atom is 0.416 e. The number of aromatic carboxylic acids is 1. The SMILES string of the molecule is Cc1nn(-c2ccc(C(F)(F)F)cc2)c(C(=O)O)c1Br. The Morgan fingerprint density at radius 2 is 1.85 bits per heavy atom. The third kappa shape index (κ3) is 2.55. The molecule has 20 heavy (non-hydrogen) atoms. The smallest absolute Gasteiger partial charge is 0.416 e. The Hall–Kier alpha value is -1.83. The highest BCUT2D eigenvalue weighted by atomic mass is 79.9. The summed E-state index contributed by atoms with van der Waals surface area (Å²) in [4.78, 5) is 11.2. The predicted molar refractivity (Wildman–Crippen MR) is 68.0 cm³/mol. The number of nitrogens with zero attached hydrogens (tertiary/aromatic N) is 2. The molecule has 2 rings (SSSR count). The molecule has 0 saturated carbocycles. The minimum atomic E-state index is -4.44. The lowest BCUT2D eigenvalue weighted by atomic mass is 10.2. The summed E-state index contributed by atoms with van der Waals surface area (Å²) in [6.07, 6.45) is -4.44. The zero-order valence-electron chi connectivity index (χ0n) is 10.1. The van der Waals surface area contributed by atoms with Crippen LogP contribution in [0.15, 0.2) is 28.7 Å². The van der Waals surface area contributed by atoms with Crippen molar-refractivity contribution in [2.24, 2.45) is 0 Å². The zero-order chi connectivity index (χ0) is 15.1. The van der Waals surface area contributed by atoms with Crippen LogP contribution < -0.4 is 0 Å². The van der Waals surface area contributed by atoms with Crippen molar-refractivity contribution in [3.05, 3.63) is 45.7 Å². The van der Waals surface area contributed by atoms with Crippen LogP contribution in [0.1, 0.15) is 21.7 Å². The molecule has 0 bridgehead atoms. The molecule has 0 radical (unpaired) electrons. The van der Waals surface area contributed by atoms with Gasteiger partial charge in [0, 0.05) is 0 Å². The molecule has 0 aliphatic heterocycles. The summed E-state index contributed by atoms with van der Waals surface area (Å²) in [5, 5.41) is 13.1. The first-order valence-electron chi connectivity index (χ1n) is 5.38. The number of benzene rings is 1. The Kier molecular flexibility index (Phi) is 3.59. The fourth-order valence-electron chi connectivity index (χ4n) is 1.67. The third-order valence-electron chi connectivity index (χ3n) is 2.63. The Balaban J connectivity index is 2.53. The maximum atomic E-state index is 12.5. The molecule has 1 aromatic carbocycles. The van der Waals surface area contributed by atoms with Gasteiger partial charge in [-0.1, -0.05) is 0 Å². The highest BCUT2D eigenvalue weighted by Gasteiger charge is 2.30. The summed E-state index contributed by atoms with van der Waals surface area (Å²) in [6, 6.07) is 4.11. The number of hydrogen-bond donors (Lipinski definition) is 1. The zero-order valence-corrected chi connectivity index (χ0v) is 11.7. The standard InChI is InChI=1S/C12H8BrF3N2O2/c1-6-9(13)10(11(19)20)18(17-6)8-4-2-7(3-5-8)12(14,15)16/h2-5H,1H3,(H,19,20). The normalized spacial score (nSPS) is 11.7. The van der Waals surface area contributed by atoms with Crippen molar-refractivity contribution < 1.29 is 23.1 Å². The number of hydrogen-bond acceptors (Lipinski definition) is 2. The number of carboxylic acid groups (broad SMARTS) is 1. The quantitative estimate of drug-likeness (QED) is 0.900. The lowest BCUT2D eigenvalue weighted by Crippen LogP contribution is -2.09. The van der Waals surface area contributed by atoms with Crippen LogP contribution in [0.3, 0.4) is 0 Å². The van der Waals surface area contributed by atoms with E-state index in [9.17, 15) is 18.0 Å². The number of aromatic nitrogens is 2. The van der Waals surface area contributed by atoms with Crippen LogP contribution in [0.5, 0.6) is 0 Å². The first-order valence-corrected chi connectivity index (χ1v) is 6.17. The van der Waals surface area contributed by atoms with Crippen LogP contribution in [0.25, 0.3) is 5.69 Å². The number of carbonyl (C=O) groups is 1. The summed E-state index contributed by atoms with van der Waals surface area (Å²) in [6.45, 7) is 1.59. The number of carboxylic acids is 1. The van der Waals surface area contributed by atoms with E-state index >= 15 is 0 Å². The van der Waals surface area contributed by atoms with Gasteiger partial charge in [0.2, 0.25) is 0 Å². The van der Waals surface area contributed by atoms with Gasteiger partial charge < -0.3 is 5.11 Å². The van der Waals surface area contributed by atoms with Crippen LogP contribution >= 0.6 is 15.9 Å². The van der Waals surface area contributed by atoms with Gasteiger partial charge in [0.25, 0.3) is 0 Å². The van der Waals surface area contributed by atoms with Crippen molar-refractivity contribution in [2.75, 3.05) is 0 Å². The largest absolute Gasteiger partial charge is 0.476 e. The molecule has 0 spiro atoms. The average Bonchev–Trinajstić information content (AvgIpc) is 2.65. The molecule has 0 atom stereocenters. The van der Waals surface area contributed by atoms with Gasteiger partial charge in [-0.15, -0.1) is 0 Å². The van der Waals surface area contributed by atoms with E-state index in [-0.39, 0.29) is 11.4 Å². The van der Waals surface area contributed by atoms with Gasteiger partial charge in [-0.25, -0.2) is 9.48 Å². The van der Waals surface area contributed by atoms with Gasteiger partial charge in [-0.2, -0.15) is 18.3 Å². The summed E-state index contributed by atoms with van der Waals surface area (Å²) < 4.78 is 38.8. The fourth-order valence-corrected chi connectivity index (χ4v) is 2.09. The molecular weight excluding hydrogens is 341 g/mol. The molecule has 106 valence electrons. The van der Waals surface area contributed by atoms with Gasteiger partial charge in [0.15, 0.2) is 5.69 Å². The van der Waals surface area contributed by atoms with E-state index < -0.39 is 17.7 Å². The molecule has 0 aliphatic rings. The van der Waals surface area contributed by atoms with Gasteiger partial charge in [0.1, 0.15) is 0 Å². The van der Waals surface area contributed by atoms with E-state index in [4.69, 9.17) is 5.11 Å². The Morgan fingerprint density at radius 3 is 2.30 bits per heavy atom. The van der Waals surface area contributed by atoms with Gasteiger partial charge in [-0.3, -0.25) is 0 Å². The Bertz CT molecular complexity index is 663. The molecule has 8 heteroatoms. The highest BCUT2D eigenvalue weighted by Crippen LogP contribution is 2.30. The molecule has 1 aromatic heterocycles. The molecule has 0 amide bonds. The monoisotopic (exact) mass is 348 g/mol. The van der Waals surface area contributed by atoms with Crippen molar-refractivity contribution in [3.8, 4) is 5.69 Å². The van der Waals surface area contributed by atoms with Crippen LogP contribution in [-0.2, 0) is 6.18 Å². The van der Waals surface area contributed by atoms with Gasteiger partial charge in [0.05, 0.1) is 21.4 Å². The maximum absolute atomic E-state index is 12.5. The van der Waals surface area contributed by atoms with Crippen molar-refractivity contribution in [3.63, 3.8) is 0 Å². The fraction of sp³-hybridized carbons (Fsp3) is 0.167. The van der Waals surface area contributed by atoms with E-state index in [1.165, 1.54) is 12.1 Å². The summed E-state index contributed by atoms with van der Waals surface area (Å²) in [5.74, 6) is -1.22. The third-order valence-corrected chi connectivity index (χ3v) is 3.58. The molecule has 1 N–H and O–H groups in total. The summed E-state index contributed by atoms with van der Waals surface area (Å²) >= 11 is 3.10. The van der Waals surface area contributed by atoms with Crippen molar-refractivity contribution in [2.45, 2.75) is 13.1 Å². The molecule has 1 heterocycles. The van der Waals surface area contributed by atoms with E-state index in [1.807, 2.05) is 0 Å². The number of alkyl halides is 3. The Morgan fingerprint density at radius 1 is 1.30 bits per heavy atom. The second kappa shape index (κ2) is 4.93. The first kappa shape index (κ1) is 14.6. The summed E-state index contributed by atoms with van der Waals surface area (Å²) in [5.41, 5.74) is -0.269. The molecule has 0 fully saturated rings. The molecule has 0 unspecified atom stereocenters. The minimum absolute atomic E-state index is 0.137. The molecule has 2 aromatic rings. The Labute approximate surface area is 120 Å².